The van der Waals surface area contributed by atoms with Gasteiger partial charge in [0.25, 0.3) is 0 Å². The number of rotatable bonds is 6. The number of alkyl halides is 2. The fourth-order valence-corrected chi connectivity index (χ4v) is 8.77. The van der Waals surface area contributed by atoms with Crippen LogP contribution < -0.4 is 5.32 Å². The van der Waals surface area contributed by atoms with E-state index in [0.29, 0.717) is 48.1 Å². The first kappa shape index (κ1) is 24.6. The highest BCUT2D eigenvalue weighted by atomic mass is 19.3. The summed E-state index contributed by atoms with van der Waals surface area (Å²) in [5, 5.41) is 3.93. The van der Waals surface area contributed by atoms with E-state index in [1.807, 2.05) is 36.4 Å². The number of hydrogen-bond acceptors (Lipinski definition) is 3. The molecule has 5 heteroatoms. The molecule has 0 heterocycles. The Bertz CT molecular complexity index is 1020. The number of fused-ring (bicyclic) bond motifs is 5. The van der Waals surface area contributed by atoms with E-state index < -0.39 is 23.4 Å². The number of benzene rings is 1. The van der Waals surface area contributed by atoms with Crippen LogP contribution in [-0.4, -0.2) is 30.1 Å². The number of hydrogen-bond donors (Lipinski definition) is 1. The van der Waals surface area contributed by atoms with Gasteiger partial charge >= 0.3 is 11.9 Å². The minimum Gasteiger partial charge on any atom is -0.456 e. The SMILES string of the molecule is C[C@]12CCC(OC(=O)CCc3ccccc3)C(F)(F)C1=CC[C@@H]1[C@H]2CC[C@]2(C)C(NC3CC3)CC[C@@H]12. The van der Waals surface area contributed by atoms with E-state index in [2.05, 4.69) is 19.2 Å². The van der Waals surface area contributed by atoms with Gasteiger partial charge in [0.05, 0.1) is 0 Å². The highest BCUT2D eigenvalue weighted by Crippen LogP contribution is 2.66. The van der Waals surface area contributed by atoms with Gasteiger partial charge in [-0.05, 0) is 98.4 Å². The molecule has 2 unspecified atom stereocenters. The lowest BCUT2D eigenvalue weighted by Crippen LogP contribution is -2.57. The van der Waals surface area contributed by atoms with E-state index in [1.54, 1.807) is 0 Å². The second-order valence-electron chi connectivity index (χ2n) is 12.9. The maximum atomic E-state index is 15.9. The standard InChI is InChI=1S/C31H41F2NO2/c1-29-19-17-27(36-28(35)15-8-20-6-4-3-5-7-20)31(32,33)25(29)13-11-22-23-12-14-26(34-21-9-10-21)30(23,2)18-16-24(22)29/h3-7,13,21-24,26-27,34H,8-12,14-19H2,1-2H3/t22-,23-,24+,26?,27?,29+,30-/m0/s1. The van der Waals surface area contributed by atoms with Gasteiger partial charge in [-0.15, -0.1) is 0 Å². The molecule has 4 fully saturated rings. The van der Waals surface area contributed by atoms with Gasteiger partial charge in [-0.1, -0.05) is 50.3 Å². The number of allylic oxidation sites excluding steroid dienone is 1. The van der Waals surface area contributed by atoms with Gasteiger partial charge in [0.1, 0.15) is 0 Å². The molecule has 0 aromatic heterocycles. The maximum Gasteiger partial charge on any atom is 0.306 e. The summed E-state index contributed by atoms with van der Waals surface area (Å²) in [6, 6.07) is 10.9. The lowest BCUT2D eigenvalue weighted by atomic mass is 9.47. The lowest BCUT2D eigenvalue weighted by molar-refractivity contribution is -0.182. The summed E-state index contributed by atoms with van der Waals surface area (Å²) in [4.78, 5) is 12.5. The molecule has 6 rings (SSSR count). The largest absolute Gasteiger partial charge is 0.456 e. The highest BCUT2D eigenvalue weighted by Gasteiger charge is 2.64. The van der Waals surface area contributed by atoms with Crippen LogP contribution in [0.25, 0.3) is 0 Å². The molecule has 0 spiro atoms. The number of carbonyl (C=O) groups is 1. The fraction of sp³-hybridized carbons (Fsp3) is 0.710. The number of esters is 1. The second kappa shape index (κ2) is 8.92. The molecule has 5 aliphatic carbocycles. The summed E-state index contributed by atoms with van der Waals surface area (Å²) in [5.41, 5.74) is 1.07. The van der Waals surface area contributed by atoms with Crippen molar-refractivity contribution in [3.8, 4) is 0 Å². The van der Waals surface area contributed by atoms with Crippen molar-refractivity contribution < 1.29 is 18.3 Å². The van der Waals surface area contributed by atoms with Gasteiger partial charge in [-0.25, -0.2) is 0 Å². The zero-order valence-corrected chi connectivity index (χ0v) is 21.8. The molecular formula is C31H41F2NO2. The predicted octanol–water partition coefficient (Wildman–Crippen LogP) is 6.86. The number of carbonyl (C=O) groups excluding carboxylic acids is 1. The summed E-state index contributed by atoms with van der Waals surface area (Å²) in [6.45, 7) is 4.57. The molecule has 0 amide bonds. The van der Waals surface area contributed by atoms with Crippen molar-refractivity contribution in [2.45, 2.75) is 109 Å². The van der Waals surface area contributed by atoms with Crippen LogP contribution in [0.5, 0.6) is 0 Å². The Hall–Kier alpha value is -1.75. The smallest absolute Gasteiger partial charge is 0.306 e. The Morgan fingerprint density at radius 2 is 1.78 bits per heavy atom. The molecule has 7 atom stereocenters. The fourth-order valence-electron chi connectivity index (χ4n) is 8.77. The van der Waals surface area contributed by atoms with Gasteiger partial charge in [0.2, 0.25) is 0 Å². The Kier molecular flexibility index (Phi) is 6.09. The monoisotopic (exact) mass is 497 g/mol. The van der Waals surface area contributed by atoms with Crippen LogP contribution in [0.3, 0.4) is 0 Å². The summed E-state index contributed by atoms with van der Waals surface area (Å²) in [6.07, 6.45) is 10.1. The van der Waals surface area contributed by atoms with Gasteiger partial charge in [0.15, 0.2) is 6.10 Å². The number of halogens is 2. The third-order valence-electron chi connectivity index (χ3n) is 10.9. The van der Waals surface area contributed by atoms with E-state index in [9.17, 15) is 4.79 Å². The topological polar surface area (TPSA) is 38.3 Å². The first-order valence-corrected chi connectivity index (χ1v) is 14.3. The van der Waals surface area contributed by atoms with Crippen LogP contribution >= 0.6 is 0 Å². The zero-order chi connectivity index (χ0) is 25.1. The Morgan fingerprint density at radius 1 is 1.00 bits per heavy atom. The number of aryl methyl sites for hydroxylation is 1. The van der Waals surface area contributed by atoms with Crippen LogP contribution in [-0.2, 0) is 16.0 Å². The summed E-state index contributed by atoms with van der Waals surface area (Å²) in [5.74, 6) is -2.20. The minimum absolute atomic E-state index is 0.133. The van der Waals surface area contributed by atoms with Crippen LogP contribution in [0.2, 0.25) is 0 Å². The molecule has 1 aromatic rings. The van der Waals surface area contributed by atoms with Crippen LogP contribution in [0.4, 0.5) is 8.78 Å². The first-order valence-electron chi connectivity index (χ1n) is 14.3. The first-order chi connectivity index (χ1) is 17.2. The van der Waals surface area contributed by atoms with Crippen LogP contribution in [0.1, 0.15) is 83.6 Å². The van der Waals surface area contributed by atoms with Crippen molar-refractivity contribution >= 4 is 5.97 Å². The Morgan fingerprint density at radius 3 is 2.53 bits per heavy atom. The van der Waals surface area contributed by atoms with Gasteiger partial charge in [0, 0.05) is 24.1 Å². The predicted molar refractivity (Wildman–Crippen MR) is 137 cm³/mol. The van der Waals surface area contributed by atoms with Gasteiger partial charge in [-0.3, -0.25) is 4.79 Å². The molecular weight excluding hydrogens is 456 g/mol. The van der Waals surface area contributed by atoms with E-state index in [0.717, 1.165) is 24.8 Å². The summed E-state index contributed by atoms with van der Waals surface area (Å²) < 4.78 is 37.3. The number of ether oxygens (including phenoxy) is 1. The van der Waals surface area contributed by atoms with E-state index in [1.165, 1.54) is 25.7 Å². The average molecular weight is 498 g/mol. The van der Waals surface area contributed by atoms with Crippen molar-refractivity contribution in [1.29, 1.82) is 0 Å². The van der Waals surface area contributed by atoms with Crippen molar-refractivity contribution in [3.05, 3.63) is 47.5 Å². The Labute approximate surface area is 214 Å². The molecule has 1 aromatic carbocycles. The third-order valence-corrected chi connectivity index (χ3v) is 10.9. The Balaban J connectivity index is 1.16. The van der Waals surface area contributed by atoms with E-state index in [4.69, 9.17) is 4.74 Å². The van der Waals surface area contributed by atoms with Gasteiger partial charge in [-0.2, -0.15) is 8.78 Å². The molecule has 4 saturated carbocycles. The van der Waals surface area contributed by atoms with Crippen LogP contribution in [0, 0.1) is 28.6 Å². The number of nitrogens with one attached hydrogen (secondary N) is 1. The van der Waals surface area contributed by atoms with Crippen molar-refractivity contribution in [3.63, 3.8) is 0 Å². The zero-order valence-electron chi connectivity index (χ0n) is 21.8. The maximum absolute atomic E-state index is 15.9. The normalized spacial score (nSPS) is 41.0. The molecule has 0 radical (unpaired) electrons. The molecule has 5 aliphatic rings. The molecule has 0 aliphatic heterocycles. The van der Waals surface area contributed by atoms with Crippen LogP contribution in [0.15, 0.2) is 42.0 Å². The molecule has 36 heavy (non-hydrogen) atoms. The third kappa shape index (κ3) is 4.04. The molecule has 3 nitrogen and oxygen atoms in total. The van der Waals surface area contributed by atoms with Gasteiger partial charge < -0.3 is 10.1 Å². The average Bonchev–Trinajstić information content (AvgIpc) is 3.61. The summed E-state index contributed by atoms with van der Waals surface area (Å²) in [7, 11) is 0. The van der Waals surface area contributed by atoms with E-state index >= 15 is 8.78 Å². The molecule has 1 N–H and O–H groups in total. The minimum atomic E-state index is -3.09. The molecule has 0 bridgehead atoms. The van der Waals surface area contributed by atoms with E-state index in [-0.39, 0.29) is 18.4 Å². The summed E-state index contributed by atoms with van der Waals surface area (Å²) >= 11 is 0. The second-order valence-corrected chi connectivity index (χ2v) is 12.9. The highest BCUT2D eigenvalue weighted by molar-refractivity contribution is 5.70. The lowest BCUT2D eigenvalue weighted by Gasteiger charge is -2.59. The molecule has 196 valence electrons. The van der Waals surface area contributed by atoms with Crippen molar-refractivity contribution in [2.75, 3.05) is 0 Å². The van der Waals surface area contributed by atoms with Crippen molar-refractivity contribution in [2.24, 2.45) is 28.6 Å². The molecule has 0 saturated heterocycles. The van der Waals surface area contributed by atoms with Crippen molar-refractivity contribution in [1.82, 2.24) is 5.32 Å². The quantitative estimate of drug-likeness (QED) is 0.345.